The Morgan fingerprint density at radius 2 is 2.11 bits per heavy atom. The van der Waals surface area contributed by atoms with Gasteiger partial charge in [0.1, 0.15) is 0 Å². The van der Waals surface area contributed by atoms with Gasteiger partial charge >= 0.3 is 0 Å². The molecule has 0 saturated heterocycles. The first-order chi connectivity index (χ1) is 9.13. The van der Waals surface area contributed by atoms with Crippen LogP contribution < -0.4 is 5.32 Å². The zero-order valence-corrected chi connectivity index (χ0v) is 11.7. The Kier molecular flexibility index (Phi) is 3.02. The third kappa shape index (κ3) is 2.35. The fraction of sp³-hybridized carbons (Fsp3) is 0.385. The normalized spacial score (nSPS) is 14.3. The number of carbonyl (C=O) groups excluding carboxylic acids is 1. The van der Waals surface area contributed by atoms with Crippen molar-refractivity contribution in [3.05, 3.63) is 28.2 Å². The number of hydrogen-bond acceptors (Lipinski definition) is 6. The number of hydrogen-bond donors (Lipinski definition) is 1. The molecule has 0 spiro atoms. The molecule has 0 atom stereocenters. The second-order valence-electron chi connectivity index (χ2n) is 4.64. The van der Waals surface area contributed by atoms with Gasteiger partial charge in [0.2, 0.25) is 0 Å². The molecule has 1 aliphatic rings. The van der Waals surface area contributed by atoms with Crippen LogP contribution in [0.25, 0.3) is 0 Å². The van der Waals surface area contributed by atoms with Crippen molar-refractivity contribution in [1.29, 1.82) is 0 Å². The number of carbonyl (C=O) groups is 1. The summed E-state index contributed by atoms with van der Waals surface area (Å²) in [6.07, 6.45) is 4.16. The Hall–Kier alpha value is -1.82. The van der Waals surface area contributed by atoms with Gasteiger partial charge in [0.05, 0.1) is 22.0 Å². The molecule has 1 aliphatic carbocycles. The van der Waals surface area contributed by atoms with Crippen molar-refractivity contribution in [1.82, 2.24) is 15.0 Å². The van der Waals surface area contributed by atoms with Crippen LogP contribution in [0.1, 0.15) is 39.6 Å². The van der Waals surface area contributed by atoms with Crippen LogP contribution in [0.5, 0.6) is 0 Å². The summed E-state index contributed by atoms with van der Waals surface area (Å²) in [5, 5.41) is 3.90. The highest BCUT2D eigenvalue weighted by molar-refractivity contribution is 7.17. The molecule has 0 aliphatic heterocycles. The summed E-state index contributed by atoms with van der Waals surface area (Å²) in [5.41, 5.74) is 2.60. The fourth-order valence-electron chi connectivity index (χ4n) is 2.08. The summed E-state index contributed by atoms with van der Waals surface area (Å²) in [6.45, 7) is 3.79. The van der Waals surface area contributed by atoms with Gasteiger partial charge in [0.25, 0.3) is 0 Å². The second kappa shape index (κ2) is 4.70. The molecule has 3 rings (SSSR count). The molecule has 0 saturated carbocycles. The number of anilines is 2. The minimum absolute atomic E-state index is 0.207. The summed E-state index contributed by atoms with van der Waals surface area (Å²) in [4.78, 5) is 25.7. The maximum absolute atomic E-state index is 11.8. The van der Waals surface area contributed by atoms with Crippen molar-refractivity contribution < 1.29 is 4.79 Å². The first-order valence-electron chi connectivity index (χ1n) is 6.23. The van der Waals surface area contributed by atoms with Gasteiger partial charge in [-0.1, -0.05) is 11.3 Å². The topological polar surface area (TPSA) is 67.8 Å². The second-order valence-corrected chi connectivity index (χ2v) is 5.64. The average Bonchev–Trinajstić information content (AvgIpc) is 2.78. The van der Waals surface area contributed by atoms with E-state index in [1.54, 1.807) is 6.20 Å². The Morgan fingerprint density at radius 1 is 1.26 bits per heavy atom. The number of rotatable bonds is 2. The largest absolute Gasteiger partial charge is 0.315 e. The minimum Gasteiger partial charge on any atom is -0.315 e. The number of nitrogens with zero attached hydrogens (tertiary/aromatic N) is 3. The van der Waals surface area contributed by atoms with Gasteiger partial charge in [-0.3, -0.25) is 9.78 Å². The van der Waals surface area contributed by atoms with Crippen molar-refractivity contribution in [2.45, 2.75) is 33.1 Å². The van der Waals surface area contributed by atoms with Crippen molar-refractivity contribution in [2.75, 3.05) is 5.32 Å². The summed E-state index contributed by atoms with van der Waals surface area (Å²) < 4.78 is 0. The van der Waals surface area contributed by atoms with Gasteiger partial charge in [-0.25, -0.2) is 9.97 Å². The van der Waals surface area contributed by atoms with Crippen LogP contribution in [0, 0.1) is 13.8 Å². The summed E-state index contributed by atoms with van der Waals surface area (Å²) in [7, 11) is 0. The van der Waals surface area contributed by atoms with Crippen LogP contribution in [0.4, 0.5) is 10.9 Å². The predicted molar refractivity (Wildman–Crippen MR) is 74.2 cm³/mol. The monoisotopic (exact) mass is 274 g/mol. The van der Waals surface area contributed by atoms with Crippen LogP contribution in [0.15, 0.2) is 6.20 Å². The van der Waals surface area contributed by atoms with E-state index in [0.717, 1.165) is 39.9 Å². The molecule has 0 fully saturated rings. The average molecular weight is 274 g/mol. The van der Waals surface area contributed by atoms with Crippen LogP contribution >= 0.6 is 11.3 Å². The molecule has 1 N–H and O–H groups in total. The molecule has 0 unspecified atom stereocenters. The van der Waals surface area contributed by atoms with Crippen molar-refractivity contribution in [3.63, 3.8) is 0 Å². The number of ketones is 1. The highest BCUT2D eigenvalue weighted by Gasteiger charge is 2.22. The molecule has 0 amide bonds. The smallest absolute Gasteiger partial charge is 0.189 e. The van der Waals surface area contributed by atoms with E-state index in [1.165, 1.54) is 11.3 Å². The minimum atomic E-state index is 0.207. The maximum Gasteiger partial charge on any atom is 0.189 e. The number of thiazole rings is 1. The number of fused-ring (bicyclic) bond motifs is 1. The van der Waals surface area contributed by atoms with Crippen molar-refractivity contribution in [3.8, 4) is 0 Å². The third-order valence-corrected chi connectivity index (χ3v) is 4.12. The third-order valence-electron chi connectivity index (χ3n) is 3.07. The van der Waals surface area contributed by atoms with E-state index < -0.39 is 0 Å². The van der Waals surface area contributed by atoms with Crippen LogP contribution in [0.3, 0.4) is 0 Å². The Morgan fingerprint density at radius 3 is 2.89 bits per heavy atom. The fourth-order valence-corrected chi connectivity index (χ4v) is 3.06. The highest BCUT2D eigenvalue weighted by Crippen LogP contribution is 2.31. The highest BCUT2D eigenvalue weighted by atomic mass is 32.1. The van der Waals surface area contributed by atoms with E-state index in [-0.39, 0.29) is 5.78 Å². The quantitative estimate of drug-likeness (QED) is 0.912. The van der Waals surface area contributed by atoms with E-state index in [4.69, 9.17) is 0 Å². The molecule has 5 nitrogen and oxygen atoms in total. The molecule has 2 aromatic rings. The number of nitrogens with one attached hydrogen (secondary N) is 1. The lowest BCUT2D eigenvalue weighted by Crippen LogP contribution is -2.07. The van der Waals surface area contributed by atoms with E-state index in [0.29, 0.717) is 12.2 Å². The Balaban J connectivity index is 1.92. The standard InChI is InChI=1S/C13H14N4OS/c1-7-6-14-8(2)12(15-7)17-13-16-9-4-3-5-10(18)11(9)19-13/h6H,3-5H2,1-2H3,(H,15,16,17). The van der Waals surface area contributed by atoms with Gasteiger partial charge in [-0.15, -0.1) is 0 Å². The number of Topliss-reactive ketones (excluding diaryl/α,β-unsaturated/α-hetero) is 1. The number of aromatic nitrogens is 3. The van der Waals surface area contributed by atoms with E-state index in [2.05, 4.69) is 20.3 Å². The van der Waals surface area contributed by atoms with E-state index >= 15 is 0 Å². The predicted octanol–water partition coefficient (Wildman–Crippen LogP) is 2.81. The lowest BCUT2D eigenvalue weighted by Gasteiger charge is -2.06. The first kappa shape index (κ1) is 12.2. The summed E-state index contributed by atoms with van der Waals surface area (Å²) in [5.74, 6) is 0.914. The van der Waals surface area contributed by atoms with Gasteiger partial charge in [-0.05, 0) is 26.7 Å². The Bertz CT molecular complexity index is 650. The lowest BCUT2D eigenvalue weighted by atomic mass is 10.0. The molecule has 19 heavy (non-hydrogen) atoms. The van der Waals surface area contributed by atoms with Crippen LogP contribution in [-0.2, 0) is 6.42 Å². The summed E-state index contributed by atoms with van der Waals surface area (Å²) in [6, 6.07) is 0. The lowest BCUT2D eigenvalue weighted by molar-refractivity contribution is 0.0976. The summed E-state index contributed by atoms with van der Waals surface area (Å²) >= 11 is 1.41. The van der Waals surface area contributed by atoms with Crippen LogP contribution in [-0.4, -0.2) is 20.7 Å². The zero-order chi connectivity index (χ0) is 13.4. The Labute approximate surface area is 115 Å². The van der Waals surface area contributed by atoms with Gasteiger partial charge in [0.15, 0.2) is 16.7 Å². The molecular formula is C13H14N4OS. The molecule has 6 heteroatoms. The zero-order valence-electron chi connectivity index (χ0n) is 10.9. The molecule has 0 bridgehead atoms. The molecule has 98 valence electrons. The molecule has 0 aromatic carbocycles. The van der Waals surface area contributed by atoms with Crippen molar-refractivity contribution >= 4 is 28.1 Å². The van der Waals surface area contributed by atoms with E-state index in [9.17, 15) is 4.79 Å². The van der Waals surface area contributed by atoms with Gasteiger partial charge < -0.3 is 5.32 Å². The van der Waals surface area contributed by atoms with E-state index in [1.807, 2.05) is 13.8 Å². The number of aryl methyl sites for hydroxylation is 3. The maximum atomic E-state index is 11.8. The first-order valence-corrected chi connectivity index (χ1v) is 7.05. The van der Waals surface area contributed by atoms with Gasteiger partial charge in [-0.2, -0.15) is 0 Å². The molecule has 2 heterocycles. The SMILES string of the molecule is Cc1cnc(C)c(Nc2nc3c(s2)C(=O)CCC3)n1. The molecule has 2 aromatic heterocycles. The van der Waals surface area contributed by atoms with Crippen molar-refractivity contribution in [2.24, 2.45) is 0 Å². The van der Waals surface area contributed by atoms with Gasteiger partial charge in [0, 0.05) is 12.6 Å². The molecule has 0 radical (unpaired) electrons. The molecular weight excluding hydrogens is 260 g/mol. The van der Waals surface area contributed by atoms with Crippen LogP contribution in [0.2, 0.25) is 0 Å².